The summed E-state index contributed by atoms with van der Waals surface area (Å²) in [4.78, 5) is 7.12. The Morgan fingerprint density at radius 1 is 1.05 bits per heavy atom. The van der Waals surface area contributed by atoms with Gasteiger partial charge >= 0.3 is 6.36 Å². The summed E-state index contributed by atoms with van der Waals surface area (Å²) >= 11 is 0. The van der Waals surface area contributed by atoms with Gasteiger partial charge in [0, 0.05) is 6.42 Å². The number of ether oxygens (including phenoxy) is 1. The van der Waals surface area contributed by atoms with Gasteiger partial charge in [0.25, 0.3) is 0 Å². The second-order valence-electron chi connectivity index (χ2n) is 4.69. The minimum atomic E-state index is -4.71. The number of halogens is 4. The van der Waals surface area contributed by atoms with E-state index in [9.17, 15) is 17.6 Å². The summed E-state index contributed by atoms with van der Waals surface area (Å²) in [6.45, 7) is 0. The lowest BCUT2D eigenvalue weighted by Gasteiger charge is -2.08. The van der Waals surface area contributed by atoms with Crippen molar-refractivity contribution >= 4 is 11.0 Å². The number of rotatable bonds is 3. The fraction of sp³-hybridized carbons (Fsp3) is 0.133. The van der Waals surface area contributed by atoms with Gasteiger partial charge in [0.05, 0.1) is 5.52 Å². The van der Waals surface area contributed by atoms with E-state index in [4.69, 9.17) is 0 Å². The Bertz CT molecular complexity index is 793. The van der Waals surface area contributed by atoms with E-state index < -0.39 is 12.2 Å². The molecule has 0 spiro atoms. The van der Waals surface area contributed by atoms with Crippen LogP contribution in [0, 0.1) is 5.82 Å². The SMILES string of the molecule is Fc1cccc2[nH]c(Cc3ccc(OC(F)(F)F)cc3)nc12. The fourth-order valence-electron chi connectivity index (χ4n) is 2.13. The van der Waals surface area contributed by atoms with Crippen molar-refractivity contribution in [3.63, 3.8) is 0 Å². The van der Waals surface area contributed by atoms with Crippen LogP contribution >= 0.6 is 0 Å². The van der Waals surface area contributed by atoms with Gasteiger partial charge in [0.2, 0.25) is 0 Å². The first kappa shape index (κ1) is 14.4. The standard InChI is InChI=1S/C15H10F4N2O/c16-11-2-1-3-12-14(11)21-13(20-12)8-9-4-6-10(7-5-9)22-15(17,18)19/h1-7H,8H2,(H,20,21). The number of hydrogen-bond donors (Lipinski definition) is 1. The topological polar surface area (TPSA) is 37.9 Å². The van der Waals surface area contributed by atoms with E-state index in [1.807, 2.05) is 0 Å². The number of nitrogens with one attached hydrogen (secondary N) is 1. The van der Waals surface area contributed by atoms with Crippen LogP contribution in [0.1, 0.15) is 11.4 Å². The van der Waals surface area contributed by atoms with Gasteiger partial charge in [-0.3, -0.25) is 0 Å². The molecule has 1 N–H and O–H groups in total. The van der Waals surface area contributed by atoms with Crippen LogP contribution in [-0.2, 0) is 6.42 Å². The normalized spacial score (nSPS) is 11.8. The van der Waals surface area contributed by atoms with Gasteiger partial charge in [-0.1, -0.05) is 18.2 Å². The van der Waals surface area contributed by atoms with Crippen molar-refractivity contribution < 1.29 is 22.3 Å². The number of benzene rings is 2. The van der Waals surface area contributed by atoms with Crippen LogP contribution in [0.3, 0.4) is 0 Å². The number of H-pyrrole nitrogens is 1. The number of fused-ring (bicyclic) bond motifs is 1. The van der Waals surface area contributed by atoms with Crippen LogP contribution in [0.2, 0.25) is 0 Å². The average Bonchev–Trinajstić information content (AvgIpc) is 2.83. The molecular weight excluding hydrogens is 300 g/mol. The van der Waals surface area contributed by atoms with Crippen molar-refractivity contribution in [1.82, 2.24) is 9.97 Å². The summed E-state index contributed by atoms with van der Waals surface area (Å²) in [5.41, 5.74) is 1.55. The Labute approximate surface area is 122 Å². The molecule has 0 saturated heterocycles. The van der Waals surface area contributed by atoms with Crippen molar-refractivity contribution in [1.29, 1.82) is 0 Å². The number of aromatic nitrogens is 2. The van der Waals surface area contributed by atoms with E-state index in [0.717, 1.165) is 5.56 Å². The third-order valence-electron chi connectivity index (χ3n) is 3.04. The van der Waals surface area contributed by atoms with Crippen LogP contribution in [-0.4, -0.2) is 16.3 Å². The van der Waals surface area contributed by atoms with Crippen molar-refractivity contribution in [2.24, 2.45) is 0 Å². The van der Waals surface area contributed by atoms with Crippen molar-refractivity contribution in [2.45, 2.75) is 12.8 Å². The first-order chi connectivity index (χ1) is 10.4. The van der Waals surface area contributed by atoms with Gasteiger partial charge in [-0.25, -0.2) is 9.37 Å². The molecule has 0 fully saturated rings. The lowest BCUT2D eigenvalue weighted by molar-refractivity contribution is -0.274. The second-order valence-corrected chi connectivity index (χ2v) is 4.69. The van der Waals surface area contributed by atoms with Gasteiger partial charge < -0.3 is 9.72 Å². The summed E-state index contributed by atoms with van der Waals surface area (Å²) in [5, 5.41) is 0. The molecule has 3 rings (SSSR count). The molecule has 0 aliphatic heterocycles. The predicted octanol–water partition coefficient (Wildman–Crippen LogP) is 4.19. The predicted molar refractivity (Wildman–Crippen MR) is 72.0 cm³/mol. The molecule has 0 bridgehead atoms. The molecule has 3 aromatic rings. The average molecular weight is 310 g/mol. The quantitative estimate of drug-likeness (QED) is 0.737. The van der Waals surface area contributed by atoms with Crippen LogP contribution < -0.4 is 4.74 Å². The summed E-state index contributed by atoms with van der Waals surface area (Å²) in [5.74, 6) is -0.176. The Morgan fingerprint density at radius 2 is 1.77 bits per heavy atom. The van der Waals surface area contributed by atoms with Gasteiger partial charge in [0.1, 0.15) is 17.1 Å². The minimum Gasteiger partial charge on any atom is -0.406 e. The van der Waals surface area contributed by atoms with Gasteiger partial charge in [-0.05, 0) is 29.8 Å². The molecule has 1 aromatic heterocycles. The van der Waals surface area contributed by atoms with E-state index >= 15 is 0 Å². The maximum absolute atomic E-state index is 13.5. The van der Waals surface area contributed by atoms with Crippen LogP contribution in [0.25, 0.3) is 11.0 Å². The molecule has 1 heterocycles. The Hall–Kier alpha value is -2.57. The van der Waals surface area contributed by atoms with Crippen LogP contribution in [0.4, 0.5) is 17.6 Å². The molecule has 0 amide bonds. The van der Waals surface area contributed by atoms with E-state index in [-0.39, 0.29) is 11.3 Å². The maximum atomic E-state index is 13.5. The lowest BCUT2D eigenvalue weighted by atomic mass is 10.1. The second kappa shape index (κ2) is 5.32. The van der Waals surface area contributed by atoms with Gasteiger partial charge in [-0.15, -0.1) is 13.2 Å². The Kier molecular flexibility index (Phi) is 3.48. The maximum Gasteiger partial charge on any atom is 0.573 e. The third kappa shape index (κ3) is 3.19. The smallest absolute Gasteiger partial charge is 0.406 e. The zero-order valence-electron chi connectivity index (χ0n) is 11.1. The van der Waals surface area contributed by atoms with Crippen molar-refractivity contribution in [3.8, 4) is 5.75 Å². The van der Waals surface area contributed by atoms with Gasteiger partial charge in [-0.2, -0.15) is 0 Å². The number of para-hydroxylation sites is 1. The fourth-order valence-corrected chi connectivity index (χ4v) is 2.13. The molecule has 2 aromatic carbocycles. The Morgan fingerprint density at radius 3 is 2.41 bits per heavy atom. The first-order valence-corrected chi connectivity index (χ1v) is 6.38. The highest BCUT2D eigenvalue weighted by Crippen LogP contribution is 2.23. The number of imidazole rings is 1. The van der Waals surface area contributed by atoms with Crippen molar-refractivity contribution in [3.05, 3.63) is 59.7 Å². The molecule has 0 saturated carbocycles. The third-order valence-corrected chi connectivity index (χ3v) is 3.04. The van der Waals surface area contributed by atoms with E-state index in [1.165, 1.54) is 30.3 Å². The monoisotopic (exact) mass is 310 g/mol. The molecule has 0 radical (unpaired) electrons. The Balaban J connectivity index is 1.78. The molecule has 22 heavy (non-hydrogen) atoms. The highest BCUT2D eigenvalue weighted by Gasteiger charge is 2.30. The zero-order chi connectivity index (χ0) is 15.7. The molecule has 0 aliphatic rings. The minimum absolute atomic E-state index is 0.245. The molecule has 7 heteroatoms. The van der Waals surface area contributed by atoms with Gasteiger partial charge in [0.15, 0.2) is 5.82 Å². The number of alkyl halides is 3. The van der Waals surface area contributed by atoms with Crippen molar-refractivity contribution in [2.75, 3.05) is 0 Å². The molecule has 0 aliphatic carbocycles. The molecule has 0 unspecified atom stereocenters. The summed E-state index contributed by atoms with van der Waals surface area (Å²) in [7, 11) is 0. The largest absolute Gasteiger partial charge is 0.573 e. The summed E-state index contributed by atoms with van der Waals surface area (Å²) < 4.78 is 53.6. The number of nitrogens with zero attached hydrogens (tertiary/aromatic N) is 1. The highest BCUT2D eigenvalue weighted by atomic mass is 19.4. The molecule has 0 atom stereocenters. The number of hydrogen-bond acceptors (Lipinski definition) is 2. The first-order valence-electron chi connectivity index (χ1n) is 6.38. The molecule has 3 nitrogen and oxygen atoms in total. The molecule has 114 valence electrons. The highest BCUT2D eigenvalue weighted by molar-refractivity contribution is 5.75. The van der Waals surface area contributed by atoms with E-state index in [1.54, 1.807) is 12.1 Å². The van der Waals surface area contributed by atoms with Crippen LogP contribution in [0.15, 0.2) is 42.5 Å². The molecular formula is C15H10F4N2O. The lowest BCUT2D eigenvalue weighted by Crippen LogP contribution is -2.17. The summed E-state index contributed by atoms with van der Waals surface area (Å²) in [6.07, 6.45) is -4.36. The van der Waals surface area contributed by atoms with E-state index in [2.05, 4.69) is 14.7 Å². The van der Waals surface area contributed by atoms with E-state index in [0.29, 0.717) is 17.8 Å². The zero-order valence-corrected chi connectivity index (χ0v) is 11.1. The number of aromatic amines is 1. The van der Waals surface area contributed by atoms with Crippen LogP contribution in [0.5, 0.6) is 5.75 Å². The summed E-state index contributed by atoms with van der Waals surface area (Å²) in [6, 6.07) is 10.1.